The summed E-state index contributed by atoms with van der Waals surface area (Å²) < 4.78 is 36.5. The molecule has 0 aromatic carbocycles. The van der Waals surface area contributed by atoms with Crippen molar-refractivity contribution in [1.29, 1.82) is 0 Å². The van der Waals surface area contributed by atoms with E-state index in [1.54, 1.807) is 4.90 Å². The molecule has 2 unspecified atom stereocenters. The van der Waals surface area contributed by atoms with Crippen molar-refractivity contribution < 1.29 is 18.0 Å². The highest BCUT2D eigenvalue weighted by molar-refractivity contribution is 5.84. The third kappa shape index (κ3) is 6.24. The van der Waals surface area contributed by atoms with Gasteiger partial charge >= 0.3 is 6.18 Å². The normalized spacial score (nSPS) is 23.4. The molecule has 6 heteroatoms. The Morgan fingerprint density at radius 2 is 1.95 bits per heavy atom. The smallest absolute Gasteiger partial charge is 0.326 e. The van der Waals surface area contributed by atoms with Crippen LogP contribution < -0.4 is 5.32 Å². The summed E-state index contributed by atoms with van der Waals surface area (Å²) in [6.45, 7) is 6.61. The lowest BCUT2D eigenvalue weighted by Crippen LogP contribution is -2.39. The average molecular weight is 308 g/mol. The SMILES string of the molecule is CCCC1NC(CC(C)C)N(CCCCC(F)(F)F)C1=O. The summed E-state index contributed by atoms with van der Waals surface area (Å²) in [4.78, 5) is 14.1. The first-order chi connectivity index (χ1) is 9.74. The number of hydrogen-bond acceptors (Lipinski definition) is 2. The first kappa shape index (κ1) is 18.3. The van der Waals surface area contributed by atoms with Crippen molar-refractivity contribution in [3.63, 3.8) is 0 Å². The molecule has 124 valence electrons. The van der Waals surface area contributed by atoms with E-state index in [4.69, 9.17) is 0 Å². The summed E-state index contributed by atoms with van der Waals surface area (Å²) in [6.07, 6.45) is -1.87. The number of halogens is 3. The Morgan fingerprint density at radius 1 is 1.29 bits per heavy atom. The van der Waals surface area contributed by atoms with Crippen LogP contribution in [0.3, 0.4) is 0 Å². The Labute approximate surface area is 125 Å². The Morgan fingerprint density at radius 3 is 2.48 bits per heavy atom. The highest BCUT2D eigenvalue weighted by Gasteiger charge is 2.38. The molecule has 0 aromatic rings. The molecular formula is C15H27F3N2O. The van der Waals surface area contributed by atoms with Gasteiger partial charge in [0.1, 0.15) is 0 Å². The number of carbonyl (C=O) groups excluding carboxylic acids is 1. The third-order valence-electron chi connectivity index (χ3n) is 3.73. The molecule has 1 saturated heterocycles. The Kier molecular flexibility index (Phi) is 6.97. The van der Waals surface area contributed by atoms with Gasteiger partial charge in [-0.25, -0.2) is 0 Å². The van der Waals surface area contributed by atoms with Gasteiger partial charge in [-0.3, -0.25) is 10.1 Å². The van der Waals surface area contributed by atoms with Crippen molar-refractivity contribution in [2.45, 2.75) is 77.7 Å². The molecule has 0 aliphatic carbocycles. The van der Waals surface area contributed by atoms with E-state index in [-0.39, 0.29) is 24.5 Å². The van der Waals surface area contributed by atoms with Crippen molar-refractivity contribution in [2.24, 2.45) is 5.92 Å². The Bertz CT molecular complexity index is 331. The number of unbranched alkanes of at least 4 members (excludes halogenated alkanes) is 1. The summed E-state index contributed by atoms with van der Waals surface area (Å²) in [5.41, 5.74) is 0. The first-order valence-corrected chi connectivity index (χ1v) is 7.88. The number of hydrogen-bond donors (Lipinski definition) is 1. The van der Waals surface area contributed by atoms with Crippen molar-refractivity contribution in [3.05, 3.63) is 0 Å². The van der Waals surface area contributed by atoms with E-state index in [1.807, 2.05) is 6.92 Å². The maximum atomic E-state index is 12.3. The van der Waals surface area contributed by atoms with Crippen LogP contribution in [0.15, 0.2) is 0 Å². The summed E-state index contributed by atoms with van der Waals surface area (Å²) in [5.74, 6) is 0.489. The lowest BCUT2D eigenvalue weighted by Gasteiger charge is -2.25. The van der Waals surface area contributed by atoms with Gasteiger partial charge in [-0.15, -0.1) is 0 Å². The van der Waals surface area contributed by atoms with Crippen molar-refractivity contribution in [2.75, 3.05) is 6.54 Å². The minimum atomic E-state index is -4.10. The molecule has 0 spiro atoms. The molecule has 1 heterocycles. The monoisotopic (exact) mass is 308 g/mol. The van der Waals surface area contributed by atoms with Crippen molar-refractivity contribution in [3.8, 4) is 0 Å². The molecule has 1 amide bonds. The van der Waals surface area contributed by atoms with Gasteiger partial charge in [0.2, 0.25) is 5.91 Å². The molecule has 0 radical (unpaired) electrons. The lowest BCUT2D eigenvalue weighted by atomic mass is 10.1. The second-order valence-electron chi connectivity index (χ2n) is 6.26. The number of rotatable bonds is 8. The van der Waals surface area contributed by atoms with Crippen LogP contribution in [-0.4, -0.2) is 35.7 Å². The molecular weight excluding hydrogens is 281 g/mol. The van der Waals surface area contributed by atoms with E-state index in [9.17, 15) is 18.0 Å². The van der Waals surface area contributed by atoms with Gasteiger partial charge in [0, 0.05) is 13.0 Å². The van der Waals surface area contributed by atoms with Gasteiger partial charge in [0.05, 0.1) is 12.2 Å². The van der Waals surface area contributed by atoms with Crippen molar-refractivity contribution in [1.82, 2.24) is 10.2 Å². The van der Waals surface area contributed by atoms with Gasteiger partial charge in [0.25, 0.3) is 0 Å². The van der Waals surface area contributed by atoms with Crippen LogP contribution in [0.2, 0.25) is 0 Å². The molecule has 0 bridgehead atoms. The van der Waals surface area contributed by atoms with E-state index in [1.165, 1.54) is 0 Å². The van der Waals surface area contributed by atoms with Crippen LogP contribution in [0.25, 0.3) is 0 Å². The summed E-state index contributed by atoms with van der Waals surface area (Å²) in [7, 11) is 0. The van der Waals surface area contributed by atoms with Crippen LogP contribution >= 0.6 is 0 Å². The number of nitrogens with one attached hydrogen (secondary N) is 1. The molecule has 0 saturated carbocycles. The molecule has 1 N–H and O–H groups in total. The van der Waals surface area contributed by atoms with Crippen LogP contribution in [0, 0.1) is 5.92 Å². The molecule has 3 nitrogen and oxygen atoms in total. The minimum absolute atomic E-state index is 0.0278. The molecule has 2 atom stereocenters. The largest absolute Gasteiger partial charge is 0.389 e. The third-order valence-corrected chi connectivity index (χ3v) is 3.73. The second kappa shape index (κ2) is 8.01. The van der Waals surface area contributed by atoms with Gasteiger partial charge in [-0.05, 0) is 31.6 Å². The summed E-state index contributed by atoms with van der Waals surface area (Å²) in [6, 6.07) is -0.165. The fourth-order valence-corrected chi connectivity index (χ4v) is 2.76. The molecule has 1 rings (SSSR count). The first-order valence-electron chi connectivity index (χ1n) is 7.88. The summed E-state index contributed by atoms with van der Waals surface area (Å²) in [5, 5.41) is 3.33. The average Bonchev–Trinajstić information content (AvgIpc) is 2.61. The van der Waals surface area contributed by atoms with Gasteiger partial charge in [-0.1, -0.05) is 27.2 Å². The molecule has 1 fully saturated rings. The van der Waals surface area contributed by atoms with E-state index < -0.39 is 12.6 Å². The summed E-state index contributed by atoms with van der Waals surface area (Å²) >= 11 is 0. The van der Waals surface area contributed by atoms with E-state index in [0.29, 0.717) is 18.9 Å². The fraction of sp³-hybridized carbons (Fsp3) is 0.933. The van der Waals surface area contributed by atoms with Crippen LogP contribution in [-0.2, 0) is 4.79 Å². The maximum absolute atomic E-state index is 12.3. The zero-order valence-corrected chi connectivity index (χ0v) is 13.2. The van der Waals surface area contributed by atoms with Gasteiger partial charge in [-0.2, -0.15) is 13.2 Å². The number of nitrogens with zero attached hydrogens (tertiary/aromatic N) is 1. The zero-order chi connectivity index (χ0) is 16.0. The topological polar surface area (TPSA) is 32.3 Å². The predicted octanol–water partition coefficient (Wildman–Crippen LogP) is 3.69. The number of amides is 1. The number of carbonyl (C=O) groups is 1. The Balaban J connectivity index is 2.51. The van der Waals surface area contributed by atoms with E-state index in [2.05, 4.69) is 19.2 Å². The van der Waals surface area contributed by atoms with Crippen LogP contribution in [0.1, 0.15) is 59.3 Å². The molecule has 0 aromatic heterocycles. The minimum Gasteiger partial charge on any atom is -0.326 e. The van der Waals surface area contributed by atoms with Crippen LogP contribution in [0.5, 0.6) is 0 Å². The molecule has 1 aliphatic rings. The van der Waals surface area contributed by atoms with E-state index in [0.717, 1.165) is 19.3 Å². The molecule has 1 aliphatic heterocycles. The van der Waals surface area contributed by atoms with Gasteiger partial charge in [0.15, 0.2) is 0 Å². The second-order valence-corrected chi connectivity index (χ2v) is 6.26. The number of alkyl halides is 3. The highest BCUT2D eigenvalue weighted by Crippen LogP contribution is 2.24. The maximum Gasteiger partial charge on any atom is 0.389 e. The van der Waals surface area contributed by atoms with Crippen LogP contribution in [0.4, 0.5) is 13.2 Å². The lowest BCUT2D eigenvalue weighted by molar-refractivity contribution is -0.136. The predicted molar refractivity (Wildman–Crippen MR) is 76.7 cm³/mol. The Hall–Kier alpha value is -0.780. The standard InChI is InChI=1S/C15H27F3N2O/c1-4-7-12-14(21)20(13(19-12)10-11(2)3)9-6-5-8-15(16,17)18/h11-13,19H,4-10H2,1-3H3. The van der Waals surface area contributed by atoms with Crippen molar-refractivity contribution >= 4 is 5.91 Å². The highest BCUT2D eigenvalue weighted by atomic mass is 19.4. The van der Waals surface area contributed by atoms with Gasteiger partial charge < -0.3 is 4.90 Å². The fourth-order valence-electron chi connectivity index (χ4n) is 2.76. The van der Waals surface area contributed by atoms with E-state index >= 15 is 0 Å². The quantitative estimate of drug-likeness (QED) is 0.694. The molecule has 21 heavy (non-hydrogen) atoms. The zero-order valence-electron chi connectivity index (χ0n) is 13.2.